The molecule has 0 aromatic heterocycles. The Morgan fingerprint density at radius 1 is 0.379 bits per heavy atom. The number of hydrogen-bond donors (Lipinski definition) is 8. The molecule has 0 atom stereocenters. The maximum absolute atomic E-state index is 10.4. The summed E-state index contributed by atoms with van der Waals surface area (Å²) in [6.07, 6.45) is -0.991. The molecule has 0 aliphatic rings. The Morgan fingerprint density at radius 2 is 0.552 bits per heavy atom. The van der Waals surface area contributed by atoms with Gasteiger partial charge in [-0.1, -0.05) is 0 Å². The van der Waals surface area contributed by atoms with Crippen molar-refractivity contribution in [2.75, 3.05) is 0 Å². The van der Waals surface area contributed by atoms with Gasteiger partial charge in [0.25, 0.3) is 0 Å². The molecule has 0 bridgehead atoms. The van der Waals surface area contributed by atoms with Crippen LogP contribution in [0.5, 0.6) is 0 Å². The molecule has 0 saturated carbocycles. The second-order valence-corrected chi connectivity index (χ2v) is 5.00. The second kappa shape index (κ2) is 11.5. The maximum atomic E-state index is 10.4. The van der Waals surface area contributed by atoms with Gasteiger partial charge in [0.15, 0.2) is 23.7 Å². The van der Waals surface area contributed by atoms with Gasteiger partial charge in [0, 0.05) is 0 Å². The van der Waals surface area contributed by atoms with E-state index in [1.807, 2.05) is 0 Å². The van der Waals surface area contributed by atoms with Crippen LogP contribution >= 0.6 is 0 Å². The number of rotatable bonds is 11. The highest BCUT2D eigenvalue weighted by Gasteiger charge is 2.44. The van der Waals surface area contributed by atoms with Gasteiger partial charge in [-0.2, -0.15) is 0 Å². The Kier molecular flexibility index (Phi) is 10.7. The van der Waals surface area contributed by atoms with Crippen LogP contribution in [0.3, 0.4) is 0 Å². The van der Waals surface area contributed by atoms with Gasteiger partial charge in [0.2, 0.25) is 0 Å². The molecule has 29 heavy (non-hydrogen) atoms. The van der Waals surface area contributed by atoms with E-state index in [0.717, 1.165) is 0 Å². The predicted molar refractivity (Wildman–Crippen MR) is 79.7 cm³/mol. The average molecular weight is 426 g/mol. The lowest BCUT2D eigenvalue weighted by Crippen LogP contribution is -2.40. The first-order valence-corrected chi connectivity index (χ1v) is 6.88. The summed E-state index contributed by atoms with van der Waals surface area (Å²) in [7, 11) is 0. The van der Waals surface area contributed by atoms with E-state index in [0.29, 0.717) is 0 Å². The zero-order chi connectivity index (χ0) is 23.6. The summed E-state index contributed by atoms with van der Waals surface area (Å²) in [5.74, 6) is -24.2. The van der Waals surface area contributed by atoms with E-state index in [4.69, 9.17) is 40.9 Å². The minimum absolute atomic E-state index is 0.991. The van der Waals surface area contributed by atoms with Crippen LogP contribution in [-0.2, 0) is 38.4 Å². The van der Waals surface area contributed by atoms with E-state index in [1.54, 1.807) is 0 Å². The molecule has 0 saturated heterocycles. The monoisotopic (exact) mass is 426 g/mol. The predicted octanol–water partition coefficient (Wildman–Crippen LogP) is -2.50. The Labute approximate surface area is 158 Å². The summed E-state index contributed by atoms with van der Waals surface area (Å²) >= 11 is 0. The summed E-state index contributed by atoms with van der Waals surface area (Å²) in [4.78, 5) is 82.6. The Balaban J connectivity index is 0. The summed E-state index contributed by atoms with van der Waals surface area (Å²) in [6.45, 7) is 0. The average Bonchev–Trinajstić information content (AvgIpc) is 2.50. The van der Waals surface area contributed by atoms with Crippen LogP contribution in [0.15, 0.2) is 0 Å². The Hall–Kier alpha value is -4.24. The van der Waals surface area contributed by atoms with Crippen molar-refractivity contribution in [2.24, 2.45) is 23.7 Å². The van der Waals surface area contributed by atoms with Crippen molar-refractivity contribution in [3.63, 3.8) is 0 Å². The Bertz CT molecular complexity index is 604. The molecular weight excluding hydrogens is 412 g/mol. The van der Waals surface area contributed by atoms with E-state index in [-0.39, 0.29) is 0 Å². The number of hydrogen-bond acceptors (Lipinski definition) is 8. The molecule has 0 spiro atoms. The standard InChI is InChI=1S/C7H8O8.C6H6O8/c8-4(9)2(5(10)11)1-3(6(12)13)7(14)15;7-3(8)1(4(9)10)2(5(11)12)6(13)14/h2-3H,1H2,(H,8,9)(H,10,11)(H,12,13)(H,14,15);1-2H,(H,7,8)(H,9,10)(H,11,12)(H,13,14). The van der Waals surface area contributed by atoms with Gasteiger partial charge in [-0.05, 0) is 6.42 Å². The van der Waals surface area contributed by atoms with E-state index < -0.39 is 77.8 Å². The second-order valence-electron chi connectivity index (χ2n) is 5.00. The Morgan fingerprint density at radius 3 is 0.655 bits per heavy atom. The van der Waals surface area contributed by atoms with Crippen LogP contribution in [0.2, 0.25) is 0 Å². The minimum Gasteiger partial charge on any atom is -0.481 e. The van der Waals surface area contributed by atoms with Crippen molar-refractivity contribution in [1.29, 1.82) is 0 Å². The fraction of sp³-hybridized carbons (Fsp3) is 0.385. The molecular formula is C13H14O16. The molecule has 0 aromatic rings. The van der Waals surface area contributed by atoms with Crippen LogP contribution in [0.25, 0.3) is 0 Å². The van der Waals surface area contributed by atoms with E-state index in [1.165, 1.54) is 0 Å². The van der Waals surface area contributed by atoms with Gasteiger partial charge in [-0.3, -0.25) is 38.4 Å². The van der Waals surface area contributed by atoms with Gasteiger partial charge in [-0.15, -0.1) is 0 Å². The third kappa shape index (κ3) is 8.80. The molecule has 0 amide bonds. The van der Waals surface area contributed by atoms with Crippen molar-refractivity contribution in [1.82, 2.24) is 0 Å². The first-order chi connectivity index (χ1) is 13.1. The summed E-state index contributed by atoms with van der Waals surface area (Å²) in [5.41, 5.74) is 0. The first kappa shape index (κ1) is 27.0. The van der Waals surface area contributed by atoms with Gasteiger partial charge in [0.1, 0.15) is 0 Å². The summed E-state index contributed by atoms with van der Waals surface area (Å²) < 4.78 is 0. The molecule has 8 N–H and O–H groups in total. The third-order valence-corrected chi connectivity index (χ3v) is 3.06. The van der Waals surface area contributed by atoms with Crippen LogP contribution in [-0.4, -0.2) is 88.6 Å². The number of carboxylic acids is 8. The molecule has 0 rings (SSSR count). The van der Waals surface area contributed by atoms with Gasteiger partial charge >= 0.3 is 47.8 Å². The number of aliphatic carboxylic acids is 8. The SMILES string of the molecule is O=C(O)C(C(=O)O)C(C(=O)O)C(=O)O.O=C(O)C(CC(C(=O)O)C(=O)O)C(=O)O. The van der Waals surface area contributed by atoms with Crippen molar-refractivity contribution < 1.29 is 79.2 Å². The maximum Gasteiger partial charge on any atom is 0.319 e. The summed E-state index contributed by atoms with van der Waals surface area (Å²) in [5, 5.41) is 66.8. The highest BCUT2D eigenvalue weighted by atomic mass is 16.4. The highest BCUT2D eigenvalue weighted by Crippen LogP contribution is 2.15. The quantitative estimate of drug-likeness (QED) is 0.158. The number of carbonyl (C=O) groups is 8. The lowest BCUT2D eigenvalue weighted by atomic mass is 9.93. The molecule has 0 radical (unpaired) electrons. The lowest BCUT2D eigenvalue weighted by molar-refractivity contribution is -0.171. The number of carboxylic acid groups (broad SMARTS) is 8. The molecule has 162 valence electrons. The first-order valence-electron chi connectivity index (χ1n) is 6.88. The van der Waals surface area contributed by atoms with E-state index in [2.05, 4.69) is 0 Å². The van der Waals surface area contributed by atoms with Gasteiger partial charge in [-0.25, -0.2) is 0 Å². The normalized spacial score (nSPS) is 10.2. The summed E-state index contributed by atoms with van der Waals surface area (Å²) in [6, 6.07) is 0. The van der Waals surface area contributed by atoms with Crippen molar-refractivity contribution in [2.45, 2.75) is 6.42 Å². The van der Waals surface area contributed by atoms with Crippen LogP contribution in [0.1, 0.15) is 6.42 Å². The van der Waals surface area contributed by atoms with E-state index >= 15 is 0 Å². The van der Waals surface area contributed by atoms with E-state index in [9.17, 15) is 38.4 Å². The molecule has 0 heterocycles. The molecule has 0 fully saturated rings. The van der Waals surface area contributed by atoms with Crippen LogP contribution in [0.4, 0.5) is 0 Å². The molecule has 0 aliphatic heterocycles. The third-order valence-electron chi connectivity index (χ3n) is 3.06. The fourth-order valence-corrected chi connectivity index (χ4v) is 1.63. The highest BCUT2D eigenvalue weighted by molar-refractivity contribution is 6.05. The molecule has 0 aromatic carbocycles. The van der Waals surface area contributed by atoms with Crippen molar-refractivity contribution >= 4 is 47.8 Å². The molecule has 0 aliphatic carbocycles. The van der Waals surface area contributed by atoms with Gasteiger partial charge < -0.3 is 40.9 Å². The largest absolute Gasteiger partial charge is 0.481 e. The molecule has 16 nitrogen and oxygen atoms in total. The smallest absolute Gasteiger partial charge is 0.319 e. The van der Waals surface area contributed by atoms with Crippen molar-refractivity contribution in [3.8, 4) is 0 Å². The lowest BCUT2D eigenvalue weighted by Gasteiger charge is -2.11. The van der Waals surface area contributed by atoms with Gasteiger partial charge in [0.05, 0.1) is 0 Å². The fourth-order valence-electron chi connectivity index (χ4n) is 1.63. The topological polar surface area (TPSA) is 298 Å². The zero-order valence-electron chi connectivity index (χ0n) is 13.9. The molecule has 0 unspecified atom stereocenters. The van der Waals surface area contributed by atoms with Crippen LogP contribution < -0.4 is 0 Å². The minimum atomic E-state index is -2.50. The van der Waals surface area contributed by atoms with Crippen molar-refractivity contribution in [3.05, 3.63) is 0 Å². The zero-order valence-corrected chi connectivity index (χ0v) is 13.9. The molecule has 16 heteroatoms. The van der Waals surface area contributed by atoms with Crippen LogP contribution in [0, 0.1) is 23.7 Å².